The summed E-state index contributed by atoms with van der Waals surface area (Å²) in [5, 5.41) is 7.79. The highest BCUT2D eigenvalue weighted by Gasteiger charge is 2.25. The lowest BCUT2D eigenvalue weighted by molar-refractivity contribution is 0.313. The third-order valence-electron chi connectivity index (χ3n) is 4.82. The second-order valence-electron chi connectivity index (χ2n) is 6.08. The zero-order valence-electron chi connectivity index (χ0n) is 12.9. The first-order valence-electron chi connectivity index (χ1n) is 7.71. The van der Waals surface area contributed by atoms with Gasteiger partial charge in [0.2, 0.25) is 0 Å². The molecule has 0 atom stereocenters. The monoisotopic (exact) mass is 273 g/mol. The van der Waals surface area contributed by atoms with Gasteiger partial charge in [-0.15, -0.1) is 0 Å². The van der Waals surface area contributed by atoms with Crippen LogP contribution in [-0.4, -0.2) is 18.9 Å². The summed E-state index contributed by atoms with van der Waals surface area (Å²) in [5.74, 6) is 1.07. The van der Waals surface area contributed by atoms with E-state index in [1.165, 1.54) is 37.7 Å². The van der Waals surface area contributed by atoms with Gasteiger partial charge in [-0.25, -0.2) is 0 Å². The molecule has 0 heterocycles. The van der Waals surface area contributed by atoms with E-state index in [1.807, 2.05) is 12.1 Å². The molecule has 0 aliphatic heterocycles. The fraction of sp³-hybridized carbons (Fsp3) is 0.588. The first-order valence-corrected chi connectivity index (χ1v) is 7.71. The number of benzene rings is 1. The van der Waals surface area contributed by atoms with Crippen molar-refractivity contribution in [2.45, 2.75) is 52.0 Å². The van der Waals surface area contributed by atoms with E-state index in [1.54, 1.807) is 0 Å². The van der Waals surface area contributed by atoms with Crippen LogP contribution in [0.25, 0.3) is 0 Å². The third-order valence-corrected chi connectivity index (χ3v) is 4.82. The highest BCUT2D eigenvalue weighted by molar-refractivity contribution is 6.01. The molecule has 1 aromatic rings. The molecule has 1 aromatic carbocycles. The number of aryl methyl sites for hydroxylation is 1. The Hall–Kier alpha value is -1.51. The molecule has 0 spiro atoms. The van der Waals surface area contributed by atoms with Gasteiger partial charge in [0.05, 0.1) is 5.69 Å². The number of nitrogens with two attached hydrogens (primary N) is 1. The molecule has 1 fully saturated rings. The summed E-state index contributed by atoms with van der Waals surface area (Å²) in [6.45, 7) is 4.40. The van der Waals surface area contributed by atoms with Crippen molar-refractivity contribution in [3.05, 3.63) is 29.3 Å². The Morgan fingerprint density at radius 3 is 2.50 bits per heavy atom. The Balaban J connectivity index is 2.21. The molecule has 0 amide bonds. The van der Waals surface area contributed by atoms with Crippen LogP contribution in [0.4, 0.5) is 5.69 Å². The Labute approximate surface area is 122 Å². The first-order chi connectivity index (χ1) is 9.54. The van der Waals surface area contributed by atoms with Crippen molar-refractivity contribution in [1.29, 1.82) is 5.41 Å². The van der Waals surface area contributed by atoms with E-state index in [2.05, 4.69) is 31.9 Å². The minimum absolute atomic E-state index is 0.165. The molecule has 1 aliphatic carbocycles. The molecule has 20 heavy (non-hydrogen) atoms. The van der Waals surface area contributed by atoms with Crippen LogP contribution in [0.3, 0.4) is 0 Å². The van der Waals surface area contributed by atoms with E-state index in [-0.39, 0.29) is 5.84 Å². The van der Waals surface area contributed by atoms with E-state index in [0.29, 0.717) is 6.04 Å². The topological polar surface area (TPSA) is 53.1 Å². The number of nitrogens with one attached hydrogen (secondary N) is 1. The quantitative estimate of drug-likeness (QED) is 0.649. The minimum atomic E-state index is 0.165. The van der Waals surface area contributed by atoms with Crippen molar-refractivity contribution >= 4 is 11.5 Å². The van der Waals surface area contributed by atoms with Crippen LogP contribution in [0.2, 0.25) is 0 Å². The fourth-order valence-corrected chi connectivity index (χ4v) is 3.47. The van der Waals surface area contributed by atoms with Crippen molar-refractivity contribution in [3.8, 4) is 0 Å². The van der Waals surface area contributed by atoms with E-state index >= 15 is 0 Å². The van der Waals surface area contributed by atoms with E-state index in [9.17, 15) is 0 Å². The molecule has 1 saturated carbocycles. The molecule has 1 aliphatic rings. The zero-order valence-corrected chi connectivity index (χ0v) is 12.9. The van der Waals surface area contributed by atoms with Crippen molar-refractivity contribution < 1.29 is 0 Å². The number of rotatable bonds is 4. The lowest BCUT2D eigenvalue weighted by Crippen LogP contribution is -2.36. The number of nitrogen functional groups attached to an aromatic ring is 1. The van der Waals surface area contributed by atoms with Crippen LogP contribution >= 0.6 is 0 Å². The van der Waals surface area contributed by atoms with Gasteiger partial charge in [0, 0.05) is 18.7 Å². The standard InChI is InChI=1S/C17H27N3/c1-4-13-8-10-14(11-9-13)20(3)16-12(2)6-5-7-15(16)17(18)19/h5-7,13-14H,4,8-11H2,1-3H3,(H3,18,19). The third kappa shape index (κ3) is 2.97. The van der Waals surface area contributed by atoms with Gasteiger partial charge < -0.3 is 10.6 Å². The fourth-order valence-electron chi connectivity index (χ4n) is 3.47. The number of hydrogen-bond donors (Lipinski definition) is 2. The highest BCUT2D eigenvalue weighted by Crippen LogP contribution is 2.33. The molecule has 0 unspecified atom stereocenters. The van der Waals surface area contributed by atoms with Gasteiger partial charge in [0.25, 0.3) is 0 Å². The second kappa shape index (κ2) is 6.29. The van der Waals surface area contributed by atoms with Crippen LogP contribution in [0.1, 0.15) is 50.2 Å². The van der Waals surface area contributed by atoms with Crippen LogP contribution in [0.5, 0.6) is 0 Å². The van der Waals surface area contributed by atoms with E-state index in [0.717, 1.165) is 17.2 Å². The normalized spacial score (nSPS) is 22.6. The SMILES string of the molecule is CCC1CCC(N(C)c2c(C)cccc2C(=N)N)CC1. The molecule has 2 rings (SSSR count). The maximum Gasteiger partial charge on any atom is 0.124 e. The average Bonchev–Trinajstić information content (AvgIpc) is 2.46. The molecule has 0 radical (unpaired) electrons. The van der Waals surface area contributed by atoms with Crippen molar-refractivity contribution in [2.75, 3.05) is 11.9 Å². The number of hydrogen-bond acceptors (Lipinski definition) is 2. The van der Waals surface area contributed by atoms with Crippen molar-refractivity contribution in [1.82, 2.24) is 0 Å². The summed E-state index contributed by atoms with van der Waals surface area (Å²) in [4.78, 5) is 2.36. The smallest absolute Gasteiger partial charge is 0.124 e. The molecule has 3 heteroatoms. The van der Waals surface area contributed by atoms with E-state index in [4.69, 9.17) is 11.1 Å². The van der Waals surface area contributed by atoms with Gasteiger partial charge in [0.15, 0.2) is 0 Å². The molecular formula is C17H27N3. The minimum Gasteiger partial charge on any atom is -0.384 e. The second-order valence-corrected chi connectivity index (χ2v) is 6.08. The molecule has 110 valence electrons. The Kier molecular flexibility index (Phi) is 4.69. The Bertz CT molecular complexity index is 473. The Morgan fingerprint density at radius 2 is 1.95 bits per heavy atom. The lowest BCUT2D eigenvalue weighted by Gasteiger charge is -2.37. The number of amidine groups is 1. The van der Waals surface area contributed by atoms with Gasteiger partial charge in [-0.1, -0.05) is 25.5 Å². The molecule has 3 N–H and O–H groups in total. The van der Waals surface area contributed by atoms with Crippen LogP contribution < -0.4 is 10.6 Å². The number of anilines is 1. The predicted molar refractivity (Wildman–Crippen MR) is 86.6 cm³/mol. The molecular weight excluding hydrogens is 246 g/mol. The number of nitrogens with zero attached hydrogens (tertiary/aromatic N) is 1. The van der Waals surface area contributed by atoms with E-state index < -0.39 is 0 Å². The zero-order chi connectivity index (χ0) is 14.7. The lowest BCUT2D eigenvalue weighted by atomic mass is 9.83. The van der Waals surface area contributed by atoms with Gasteiger partial charge >= 0.3 is 0 Å². The largest absolute Gasteiger partial charge is 0.384 e. The van der Waals surface area contributed by atoms with Crippen molar-refractivity contribution in [2.24, 2.45) is 11.7 Å². The first kappa shape index (κ1) is 14.9. The van der Waals surface area contributed by atoms with Crippen molar-refractivity contribution in [3.63, 3.8) is 0 Å². The van der Waals surface area contributed by atoms with Gasteiger partial charge in [0.1, 0.15) is 5.84 Å². The molecule has 0 bridgehead atoms. The van der Waals surface area contributed by atoms with Gasteiger partial charge in [-0.05, 0) is 50.2 Å². The van der Waals surface area contributed by atoms with Crippen LogP contribution in [-0.2, 0) is 0 Å². The summed E-state index contributed by atoms with van der Waals surface area (Å²) in [5.41, 5.74) is 8.96. The summed E-state index contributed by atoms with van der Waals surface area (Å²) < 4.78 is 0. The summed E-state index contributed by atoms with van der Waals surface area (Å²) in [6, 6.07) is 6.63. The molecule has 0 saturated heterocycles. The maximum atomic E-state index is 7.79. The Morgan fingerprint density at radius 1 is 1.30 bits per heavy atom. The highest BCUT2D eigenvalue weighted by atomic mass is 15.1. The molecule has 0 aromatic heterocycles. The maximum absolute atomic E-state index is 7.79. The predicted octanol–water partition coefficient (Wildman–Crippen LogP) is 3.68. The summed E-state index contributed by atoms with van der Waals surface area (Å²) in [6.07, 6.45) is 6.46. The average molecular weight is 273 g/mol. The number of para-hydroxylation sites is 1. The summed E-state index contributed by atoms with van der Waals surface area (Å²) >= 11 is 0. The van der Waals surface area contributed by atoms with Gasteiger partial charge in [-0.2, -0.15) is 0 Å². The molecule has 3 nitrogen and oxygen atoms in total. The summed E-state index contributed by atoms with van der Waals surface area (Å²) in [7, 11) is 2.16. The van der Waals surface area contributed by atoms with Gasteiger partial charge in [-0.3, -0.25) is 5.41 Å². The van der Waals surface area contributed by atoms with Crippen LogP contribution in [0.15, 0.2) is 18.2 Å². The van der Waals surface area contributed by atoms with Crippen LogP contribution in [0, 0.1) is 18.3 Å².